The van der Waals surface area contributed by atoms with Gasteiger partial charge in [0.15, 0.2) is 0 Å². The molecule has 1 aromatic carbocycles. The van der Waals surface area contributed by atoms with Gasteiger partial charge in [0.1, 0.15) is 4.90 Å². The van der Waals surface area contributed by atoms with E-state index in [2.05, 4.69) is 0 Å². The normalized spacial score (nSPS) is 12.4. The summed E-state index contributed by atoms with van der Waals surface area (Å²) in [6, 6.07) is 3.85. The number of likely N-dealkylation sites (N-methyl/N-ethyl adjacent to an activating group) is 1. The van der Waals surface area contributed by atoms with Crippen LogP contribution in [0.5, 0.6) is 0 Å². The van der Waals surface area contributed by atoms with Crippen LogP contribution in [0.3, 0.4) is 0 Å². The summed E-state index contributed by atoms with van der Waals surface area (Å²) in [5, 5.41) is 8.55. The molecule has 0 heterocycles. The lowest BCUT2D eigenvalue weighted by atomic mass is 10.2. The highest BCUT2D eigenvalue weighted by atomic mass is 35.5. The molecular weight excluding hydrogens is 306 g/mol. The Bertz CT molecular complexity index is 616. The summed E-state index contributed by atoms with van der Waals surface area (Å²) in [5.41, 5.74) is 5.62. The number of hydrogen-bond donors (Lipinski definition) is 3. The molecule has 0 aromatic heterocycles. The van der Waals surface area contributed by atoms with E-state index < -0.39 is 10.0 Å². The average molecular weight is 323 g/mol. The minimum absolute atomic E-state index is 0.0236. The molecule has 1 rings (SSSR count). The molecule has 0 unspecified atom stereocenters. The van der Waals surface area contributed by atoms with E-state index >= 15 is 0 Å². The van der Waals surface area contributed by atoms with Gasteiger partial charge in [-0.2, -0.15) is 0 Å². The fraction of sp³-hybridized carbons (Fsp3) is 0.364. The Morgan fingerprint density at radius 2 is 2.05 bits per heavy atom. The number of hydrogen-bond acceptors (Lipinski definition) is 5. The Balaban J connectivity index is 3.30. The van der Waals surface area contributed by atoms with E-state index in [1.54, 1.807) is 14.1 Å². The van der Waals surface area contributed by atoms with Gasteiger partial charge in [-0.15, -0.1) is 0 Å². The van der Waals surface area contributed by atoms with Crippen LogP contribution in [0.15, 0.2) is 23.1 Å². The number of carbonyl (C=O) groups is 1. The zero-order valence-corrected chi connectivity index (χ0v) is 12.7. The van der Waals surface area contributed by atoms with Crippen LogP contribution in [0, 0.1) is 0 Å². The topological polar surface area (TPSA) is 109 Å². The molecule has 9 heteroatoms. The van der Waals surface area contributed by atoms with E-state index in [0.29, 0.717) is 13.1 Å². The monoisotopic (exact) mass is 322 g/mol. The summed E-state index contributed by atoms with van der Waals surface area (Å²) in [6.45, 7) is 0.720. The molecule has 0 fully saturated rings. The van der Waals surface area contributed by atoms with Crippen molar-refractivity contribution in [2.24, 2.45) is 5.73 Å². The van der Waals surface area contributed by atoms with Gasteiger partial charge in [0.05, 0.1) is 31.2 Å². The van der Waals surface area contributed by atoms with Crippen LogP contribution in [0.4, 0.5) is 0 Å². The molecule has 0 saturated carbocycles. The number of amides is 1. The molecule has 7 nitrogen and oxygen atoms in total. The summed E-state index contributed by atoms with van der Waals surface area (Å²) in [7, 11) is -0.815. The molecule has 1 amide bonds. The Morgan fingerprint density at radius 1 is 1.45 bits per heavy atom. The largest absolute Gasteiger partial charge is 0.345 e. The van der Waals surface area contributed by atoms with Gasteiger partial charge in [-0.25, -0.2) is 13.2 Å². The molecule has 20 heavy (non-hydrogen) atoms. The molecule has 0 atom stereocenters. The van der Waals surface area contributed by atoms with Crippen LogP contribution >= 0.6 is 11.6 Å². The fourth-order valence-electron chi connectivity index (χ4n) is 1.67. The molecule has 0 saturated heterocycles. The predicted molar refractivity (Wildman–Crippen MR) is 73.9 cm³/mol. The van der Waals surface area contributed by atoms with E-state index in [-0.39, 0.29) is 25.9 Å². The van der Waals surface area contributed by atoms with Crippen molar-refractivity contribution in [1.82, 2.24) is 4.89 Å². The number of nitrogens with two attached hydrogens (primary N) is 1. The second-order valence-corrected chi connectivity index (χ2v) is 6.78. The third-order valence-electron chi connectivity index (χ3n) is 2.83. The van der Waals surface area contributed by atoms with Crippen LogP contribution in [0.1, 0.15) is 10.4 Å². The molecule has 112 valence electrons. The molecule has 0 aliphatic rings. The van der Waals surface area contributed by atoms with Gasteiger partial charge >= 0.3 is 5.91 Å². The highest BCUT2D eigenvalue weighted by molar-refractivity contribution is 7.89. The molecule has 0 aliphatic carbocycles. The lowest BCUT2D eigenvalue weighted by Gasteiger charge is -2.26. The Labute approximate surface area is 122 Å². The quantitative estimate of drug-likeness (QED) is 0.529. The molecule has 4 N–H and O–H groups in total. The summed E-state index contributed by atoms with van der Waals surface area (Å²) < 4.78 is 23.2. The number of halogens is 1. The maximum Gasteiger partial charge on any atom is 0.345 e. The number of benzene rings is 1. The van der Waals surface area contributed by atoms with E-state index in [4.69, 9.17) is 22.5 Å². The van der Waals surface area contributed by atoms with Crippen LogP contribution in [-0.2, 0) is 10.0 Å². The lowest BCUT2D eigenvalue weighted by molar-refractivity contribution is -0.806. The van der Waals surface area contributed by atoms with Crippen LogP contribution in [-0.4, -0.2) is 51.2 Å². The van der Waals surface area contributed by atoms with Crippen molar-refractivity contribution in [3.63, 3.8) is 0 Å². The fourth-order valence-corrected chi connectivity index (χ4v) is 2.79. The van der Waals surface area contributed by atoms with E-state index in [1.165, 1.54) is 17.0 Å². The first kappa shape index (κ1) is 17.0. The van der Waals surface area contributed by atoms with Crippen molar-refractivity contribution >= 4 is 27.5 Å². The number of sulfonamides is 1. The number of carbonyl (C=O) groups excluding carboxylic acids is 1. The Hall–Kier alpha value is -1.03. The maximum atomic E-state index is 12.3. The first-order valence-corrected chi connectivity index (χ1v) is 7.55. The third kappa shape index (κ3) is 3.54. The van der Waals surface area contributed by atoms with E-state index in [9.17, 15) is 13.2 Å². The number of nitrogens with one attached hydrogen (secondary N) is 1. The predicted octanol–water partition coefficient (Wildman–Crippen LogP) is 0.183. The van der Waals surface area contributed by atoms with Gasteiger partial charge in [-0.3, -0.25) is 4.48 Å². The van der Waals surface area contributed by atoms with Gasteiger partial charge in [0, 0.05) is 6.54 Å². The Morgan fingerprint density at radius 3 is 2.55 bits per heavy atom. The summed E-state index contributed by atoms with van der Waals surface area (Å²) in [5.74, 6) is -0.304. The lowest BCUT2D eigenvalue weighted by Crippen LogP contribution is -2.48. The number of rotatable bonds is 5. The van der Waals surface area contributed by atoms with Crippen LogP contribution < -0.4 is 10.6 Å². The van der Waals surface area contributed by atoms with Gasteiger partial charge < -0.3 is 10.9 Å². The zero-order chi connectivity index (χ0) is 15.6. The maximum absolute atomic E-state index is 12.3. The van der Waals surface area contributed by atoms with Crippen molar-refractivity contribution in [2.45, 2.75) is 4.90 Å². The van der Waals surface area contributed by atoms with E-state index in [0.717, 1.165) is 6.07 Å². The molecule has 0 radical (unpaired) electrons. The summed E-state index contributed by atoms with van der Waals surface area (Å²) in [4.78, 5) is 13.1. The van der Waals surface area contributed by atoms with Crippen LogP contribution in [0.2, 0.25) is 5.02 Å². The molecular formula is C11H17ClN3O4S+. The van der Waals surface area contributed by atoms with Crippen molar-refractivity contribution in [2.75, 3.05) is 27.2 Å². The summed E-state index contributed by atoms with van der Waals surface area (Å²) in [6.07, 6.45) is 0. The first-order chi connectivity index (χ1) is 9.15. The highest BCUT2D eigenvalue weighted by Crippen LogP contribution is 2.23. The zero-order valence-electron chi connectivity index (χ0n) is 11.1. The minimum Gasteiger partial charge on any atom is -0.326 e. The van der Waals surface area contributed by atoms with Gasteiger partial charge in [0.2, 0.25) is 0 Å². The van der Waals surface area contributed by atoms with Crippen molar-refractivity contribution in [3.8, 4) is 0 Å². The molecule has 0 bridgehead atoms. The average Bonchev–Trinajstić information content (AvgIpc) is 2.38. The second kappa shape index (κ2) is 6.17. The van der Waals surface area contributed by atoms with Gasteiger partial charge in [0.25, 0.3) is 10.0 Å². The standard InChI is InChI=1S/C11H17ClN3O4S/c1-15(2,6-5-13)11(16)8-3-4-9(12)10(7-8)20(18,19)14-17/h3-4,7,14,17H,5-6,13H2,1-2H3/q+1. The van der Waals surface area contributed by atoms with Crippen LogP contribution in [0.25, 0.3) is 0 Å². The SMILES string of the molecule is C[N+](C)(CCN)C(=O)c1ccc(Cl)c(S(=O)(=O)NO)c1. The molecule has 0 spiro atoms. The highest BCUT2D eigenvalue weighted by Gasteiger charge is 2.29. The second-order valence-electron chi connectivity index (χ2n) is 4.74. The molecule has 0 aliphatic heterocycles. The van der Waals surface area contributed by atoms with E-state index in [1.807, 2.05) is 0 Å². The smallest absolute Gasteiger partial charge is 0.326 e. The van der Waals surface area contributed by atoms with Gasteiger partial charge in [-0.1, -0.05) is 16.5 Å². The van der Waals surface area contributed by atoms with Gasteiger partial charge in [-0.05, 0) is 18.2 Å². The number of nitrogens with zero attached hydrogens (tertiary/aromatic N) is 1. The third-order valence-corrected chi connectivity index (χ3v) is 4.42. The summed E-state index contributed by atoms with van der Waals surface area (Å²) >= 11 is 5.77. The number of quaternary nitrogens is 1. The molecule has 1 aromatic rings. The van der Waals surface area contributed by atoms with Crippen molar-refractivity contribution < 1.29 is 22.9 Å². The van der Waals surface area contributed by atoms with Crippen molar-refractivity contribution in [1.29, 1.82) is 0 Å². The van der Waals surface area contributed by atoms with Crippen molar-refractivity contribution in [3.05, 3.63) is 28.8 Å². The first-order valence-electron chi connectivity index (χ1n) is 5.69. The minimum atomic E-state index is -4.15. The Kier molecular flexibility index (Phi) is 5.25.